The standard InChI is InChI=1S/C12H11N3O4/c1-6-2-10(16)15(11(6)17)9-4-7(13)3-8(5-9)14-12(18)19/h2-5,14H,13H2,1H3,(H,18,19). The summed E-state index contributed by atoms with van der Waals surface area (Å²) in [6.45, 7) is 1.53. The molecule has 0 aliphatic carbocycles. The van der Waals surface area contributed by atoms with Gasteiger partial charge in [-0.3, -0.25) is 14.9 Å². The van der Waals surface area contributed by atoms with Gasteiger partial charge in [-0.2, -0.15) is 0 Å². The summed E-state index contributed by atoms with van der Waals surface area (Å²) in [5.74, 6) is -0.925. The van der Waals surface area contributed by atoms with Crippen LogP contribution < -0.4 is 16.0 Å². The predicted molar refractivity (Wildman–Crippen MR) is 68.8 cm³/mol. The van der Waals surface area contributed by atoms with Gasteiger partial charge in [-0.05, 0) is 25.1 Å². The highest BCUT2D eigenvalue weighted by Gasteiger charge is 2.30. The molecule has 1 aliphatic rings. The van der Waals surface area contributed by atoms with Gasteiger partial charge in [-0.1, -0.05) is 0 Å². The normalized spacial score (nSPS) is 14.6. The van der Waals surface area contributed by atoms with Crippen LogP contribution in [0.1, 0.15) is 6.92 Å². The van der Waals surface area contributed by atoms with E-state index in [1.54, 1.807) is 0 Å². The minimum absolute atomic E-state index is 0.188. The van der Waals surface area contributed by atoms with Gasteiger partial charge >= 0.3 is 6.09 Å². The Balaban J connectivity index is 2.41. The topological polar surface area (TPSA) is 113 Å². The molecule has 0 atom stereocenters. The molecule has 1 aromatic rings. The quantitative estimate of drug-likeness (QED) is 0.546. The third-order valence-electron chi connectivity index (χ3n) is 2.55. The summed E-state index contributed by atoms with van der Waals surface area (Å²) in [6.07, 6.45) is -0.0412. The van der Waals surface area contributed by atoms with Crippen molar-refractivity contribution in [1.29, 1.82) is 0 Å². The molecule has 1 aromatic carbocycles. The van der Waals surface area contributed by atoms with E-state index in [1.807, 2.05) is 0 Å². The van der Waals surface area contributed by atoms with E-state index in [9.17, 15) is 14.4 Å². The lowest BCUT2D eigenvalue weighted by atomic mass is 10.2. The Kier molecular flexibility index (Phi) is 2.95. The lowest BCUT2D eigenvalue weighted by Gasteiger charge is -2.16. The van der Waals surface area contributed by atoms with Crippen molar-refractivity contribution in [3.05, 3.63) is 29.8 Å². The molecule has 1 heterocycles. The highest BCUT2D eigenvalue weighted by Crippen LogP contribution is 2.27. The Labute approximate surface area is 108 Å². The van der Waals surface area contributed by atoms with Crippen molar-refractivity contribution in [3.8, 4) is 0 Å². The maximum Gasteiger partial charge on any atom is 0.409 e. The number of hydrogen-bond acceptors (Lipinski definition) is 4. The van der Waals surface area contributed by atoms with Crippen LogP contribution in [-0.4, -0.2) is 23.0 Å². The van der Waals surface area contributed by atoms with Crippen LogP contribution in [-0.2, 0) is 9.59 Å². The van der Waals surface area contributed by atoms with E-state index in [0.29, 0.717) is 5.57 Å². The number of nitrogens with zero attached hydrogens (tertiary/aromatic N) is 1. The lowest BCUT2D eigenvalue weighted by Crippen LogP contribution is -2.30. The van der Waals surface area contributed by atoms with Crippen molar-refractivity contribution < 1.29 is 19.5 Å². The smallest absolute Gasteiger partial charge is 0.409 e. The first-order valence-electron chi connectivity index (χ1n) is 5.35. The third kappa shape index (κ3) is 2.39. The van der Waals surface area contributed by atoms with Gasteiger partial charge in [0.2, 0.25) is 0 Å². The molecule has 1 aliphatic heterocycles. The van der Waals surface area contributed by atoms with Gasteiger partial charge in [0.25, 0.3) is 11.8 Å². The summed E-state index contributed by atoms with van der Waals surface area (Å²) in [5.41, 5.74) is 6.61. The number of amides is 3. The first kappa shape index (κ1) is 12.6. The van der Waals surface area contributed by atoms with Crippen molar-refractivity contribution in [2.75, 3.05) is 16.0 Å². The SMILES string of the molecule is CC1=CC(=O)N(c2cc(N)cc(NC(=O)O)c2)C1=O. The molecule has 0 unspecified atom stereocenters. The monoisotopic (exact) mass is 261 g/mol. The molecule has 0 aromatic heterocycles. The van der Waals surface area contributed by atoms with Crippen LogP contribution in [0.15, 0.2) is 29.8 Å². The van der Waals surface area contributed by atoms with Crippen LogP contribution in [0.4, 0.5) is 21.9 Å². The summed E-state index contributed by atoms with van der Waals surface area (Å²) >= 11 is 0. The predicted octanol–water partition coefficient (Wildman–Crippen LogP) is 1.18. The number of hydrogen-bond donors (Lipinski definition) is 3. The Morgan fingerprint density at radius 2 is 2.00 bits per heavy atom. The fraction of sp³-hybridized carbons (Fsp3) is 0.0833. The fourth-order valence-corrected chi connectivity index (χ4v) is 1.79. The van der Waals surface area contributed by atoms with Crippen molar-refractivity contribution in [3.63, 3.8) is 0 Å². The average molecular weight is 261 g/mol. The first-order valence-corrected chi connectivity index (χ1v) is 5.35. The van der Waals surface area contributed by atoms with Gasteiger partial charge in [-0.25, -0.2) is 9.69 Å². The van der Waals surface area contributed by atoms with Gasteiger partial charge in [0.1, 0.15) is 0 Å². The molecule has 7 heteroatoms. The summed E-state index contributed by atoms with van der Waals surface area (Å²) in [4.78, 5) is 35.0. The van der Waals surface area contributed by atoms with E-state index >= 15 is 0 Å². The molecule has 0 saturated heterocycles. The summed E-state index contributed by atoms with van der Waals surface area (Å²) in [5, 5.41) is 10.8. The second kappa shape index (κ2) is 4.45. The lowest BCUT2D eigenvalue weighted by molar-refractivity contribution is -0.120. The Morgan fingerprint density at radius 3 is 2.53 bits per heavy atom. The zero-order valence-corrected chi connectivity index (χ0v) is 10.0. The molecule has 98 valence electrons. The zero-order valence-electron chi connectivity index (χ0n) is 10.0. The van der Waals surface area contributed by atoms with Gasteiger partial charge < -0.3 is 10.8 Å². The van der Waals surface area contributed by atoms with Gasteiger partial charge in [0.15, 0.2) is 0 Å². The molecular weight excluding hydrogens is 250 g/mol. The van der Waals surface area contributed by atoms with E-state index in [4.69, 9.17) is 10.8 Å². The third-order valence-corrected chi connectivity index (χ3v) is 2.55. The number of nitrogen functional groups attached to an aromatic ring is 1. The van der Waals surface area contributed by atoms with E-state index < -0.39 is 17.9 Å². The number of anilines is 3. The first-order chi connectivity index (χ1) is 8.88. The van der Waals surface area contributed by atoms with Crippen LogP contribution in [0, 0.1) is 0 Å². The molecule has 19 heavy (non-hydrogen) atoms. The van der Waals surface area contributed by atoms with Gasteiger partial charge in [0.05, 0.1) is 5.69 Å². The number of carboxylic acid groups (broad SMARTS) is 1. The van der Waals surface area contributed by atoms with Crippen LogP contribution in [0.2, 0.25) is 0 Å². The number of rotatable bonds is 2. The molecule has 0 radical (unpaired) electrons. The maximum absolute atomic E-state index is 11.8. The minimum Gasteiger partial charge on any atom is -0.465 e. The average Bonchev–Trinajstić information content (AvgIpc) is 2.51. The van der Waals surface area contributed by atoms with Crippen molar-refractivity contribution in [1.82, 2.24) is 0 Å². The number of carbonyl (C=O) groups is 3. The number of nitrogens with one attached hydrogen (secondary N) is 1. The molecule has 7 nitrogen and oxygen atoms in total. The minimum atomic E-state index is -1.26. The highest BCUT2D eigenvalue weighted by atomic mass is 16.4. The molecular formula is C12H11N3O4. The van der Waals surface area contributed by atoms with Crippen LogP contribution in [0.5, 0.6) is 0 Å². The molecule has 0 fully saturated rings. The van der Waals surface area contributed by atoms with Crippen molar-refractivity contribution in [2.24, 2.45) is 0 Å². The second-order valence-electron chi connectivity index (χ2n) is 4.05. The van der Waals surface area contributed by atoms with E-state index in [2.05, 4.69) is 5.32 Å². The Morgan fingerprint density at radius 1 is 1.32 bits per heavy atom. The van der Waals surface area contributed by atoms with E-state index in [-0.39, 0.29) is 17.1 Å². The number of imide groups is 1. The van der Waals surface area contributed by atoms with Gasteiger partial charge in [0, 0.05) is 23.0 Å². The maximum atomic E-state index is 11.8. The Hall–Kier alpha value is -2.83. The number of benzene rings is 1. The molecule has 0 bridgehead atoms. The number of nitrogens with two attached hydrogens (primary N) is 1. The summed E-state index contributed by atoms with van der Waals surface area (Å²) < 4.78 is 0. The molecule has 2 rings (SSSR count). The highest BCUT2D eigenvalue weighted by molar-refractivity contribution is 6.30. The fourth-order valence-electron chi connectivity index (χ4n) is 1.79. The molecule has 4 N–H and O–H groups in total. The van der Waals surface area contributed by atoms with Crippen molar-refractivity contribution >= 4 is 35.0 Å². The van der Waals surface area contributed by atoms with Gasteiger partial charge in [-0.15, -0.1) is 0 Å². The number of carbonyl (C=O) groups excluding carboxylic acids is 2. The Bertz CT molecular complexity index is 621. The van der Waals surface area contributed by atoms with E-state index in [0.717, 1.165) is 4.90 Å². The summed E-state index contributed by atoms with van der Waals surface area (Å²) in [7, 11) is 0. The second-order valence-corrected chi connectivity index (χ2v) is 4.05. The zero-order chi connectivity index (χ0) is 14.2. The van der Waals surface area contributed by atoms with Crippen molar-refractivity contribution in [2.45, 2.75) is 6.92 Å². The van der Waals surface area contributed by atoms with Crippen LogP contribution in [0.3, 0.4) is 0 Å². The summed E-state index contributed by atoms with van der Waals surface area (Å²) in [6, 6.07) is 4.19. The molecule has 3 amide bonds. The molecule has 0 spiro atoms. The van der Waals surface area contributed by atoms with Crippen LogP contribution >= 0.6 is 0 Å². The molecule has 0 saturated carbocycles. The largest absolute Gasteiger partial charge is 0.465 e. The van der Waals surface area contributed by atoms with Crippen LogP contribution in [0.25, 0.3) is 0 Å². The van der Waals surface area contributed by atoms with E-state index in [1.165, 1.54) is 31.2 Å².